The van der Waals surface area contributed by atoms with E-state index < -0.39 is 0 Å². The summed E-state index contributed by atoms with van der Waals surface area (Å²) < 4.78 is 0. The van der Waals surface area contributed by atoms with E-state index in [1.54, 1.807) is 6.20 Å². The molecule has 0 aliphatic heterocycles. The molecule has 0 fully saturated rings. The summed E-state index contributed by atoms with van der Waals surface area (Å²) in [6.07, 6.45) is 4.42. The van der Waals surface area contributed by atoms with Crippen LogP contribution >= 0.6 is 23.2 Å². The first kappa shape index (κ1) is 13.3. The monoisotopic (exact) mass is 280 g/mol. The van der Waals surface area contributed by atoms with Crippen LogP contribution in [0.5, 0.6) is 0 Å². The fourth-order valence-electron chi connectivity index (χ4n) is 1.95. The third-order valence-corrected chi connectivity index (χ3v) is 3.52. The van der Waals surface area contributed by atoms with Gasteiger partial charge in [0.2, 0.25) is 0 Å². The van der Waals surface area contributed by atoms with Gasteiger partial charge >= 0.3 is 0 Å². The molecule has 1 unspecified atom stereocenters. The van der Waals surface area contributed by atoms with Crippen molar-refractivity contribution in [2.45, 2.75) is 12.5 Å². The van der Waals surface area contributed by atoms with Crippen LogP contribution in [-0.4, -0.2) is 12.0 Å². The SMILES string of the molecule is CNC(Cc1cccnc1)c1c(Cl)cccc1Cl. The molecule has 4 heteroatoms. The molecule has 1 N–H and O–H groups in total. The Balaban J connectivity index is 2.29. The highest BCUT2D eigenvalue weighted by Gasteiger charge is 2.16. The van der Waals surface area contributed by atoms with E-state index in [0.717, 1.165) is 17.5 Å². The lowest BCUT2D eigenvalue weighted by molar-refractivity contribution is 0.591. The number of pyridine rings is 1. The smallest absolute Gasteiger partial charge is 0.0468 e. The zero-order valence-electron chi connectivity index (χ0n) is 10.0. The maximum absolute atomic E-state index is 6.23. The molecule has 0 spiro atoms. The average molecular weight is 281 g/mol. The molecule has 94 valence electrons. The van der Waals surface area contributed by atoms with Crippen LogP contribution < -0.4 is 5.32 Å². The summed E-state index contributed by atoms with van der Waals surface area (Å²) in [4.78, 5) is 4.12. The van der Waals surface area contributed by atoms with Crippen molar-refractivity contribution in [3.05, 3.63) is 63.9 Å². The zero-order valence-corrected chi connectivity index (χ0v) is 11.5. The maximum Gasteiger partial charge on any atom is 0.0468 e. The zero-order chi connectivity index (χ0) is 13.0. The summed E-state index contributed by atoms with van der Waals surface area (Å²) in [5.41, 5.74) is 2.08. The van der Waals surface area contributed by atoms with Gasteiger partial charge in [-0.05, 0) is 37.2 Å². The van der Waals surface area contributed by atoms with Crippen molar-refractivity contribution in [1.82, 2.24) is 10.3 Å². The first-order valence-corrected chi connectivity index (χ1v) is 6.48. The van der Waals surface area contributed by atoms with E-state index in [1.807, 2.05) is 43.6 Å². The molecule has 0 aliphatic rings. The largest absolute Gasteiger partial charge is 0.313 e. The molecule has 1 aromatic carbocycles. The van der Waals surface area contributed by atoms with Crippen molar-refractivity contribution in [2.75, 3.05) is 7.05 Å². The molecular weight excluding hydrogens is 267 g/mol. The van der Waals surface area contributed by atoms with Gasteiger partial charge in [-0.3, -0.25) is 4.98 Å². The summed E-state index contributed by atoms with van der Waals surface area (Å²) in [5.74, 6) is 0. The molecule has 0 saturated heterocycles. The third-order valence-electron chi connectivity index (χ3n) is 2.86. The van der Waals surface area contributed by atoms with Gasteiger partial charge in [0.15, 0.2) is 0 Å². The van der Waals surface area contributed by atoms with Crippen LogP contribution in [0.2, 0.25) is 10.0 Å². The molecule has 1 atom stereocenters. The quantitative estimate of drug-likeness (QED) is 0.919. The van der Waals surface area contributed by atoms with E-state index in [2.05, 4.69) is 10.3 Å². The van der Waals surface area contributed by atoms with Gasteiger partial charge in [-0.25, -0.2) is 0 Å². The Morgan fingerprint density at radius 3 is 2.44 bits per heavy atom. The highest BCUT2D eigenvalue weighted by molar-refractivity contribution is 6.36. The highest BCUT2D eigenvalue weighted by Crippen LogP contribution is 2.31. The van der Waals surface area contributed by atoms with Crippen LogP contribution in [0.25, 0.3) is 0 Å². The van der Waals surface area contributed by atoms with Gasteiger partial charge in [-0.15, -0.1) is 0 Å². The van der Waals surface area contributed by atoms with E-state index in [0.29, 0.717) is 10.0 Å². The molecule has 0 amide bonds. The number of hydrogen-bond acceptors (Lipinski definition) is 2. The predicted octanol–water partition coefficient (Wildman–Crippen LogP) is 3.89. The van der Waals surface area contributed by atoms with Crippen LogP contribution in [0.1, 0.15) is 17.2 Å². The van der Waals surface area contributed by atoms with Crippen LogP contribution in [-0.2, 0) is 6.42 Å². The number of nitrogens with zero attached hydrogens (tertiary/aromatic N) is 1. The van der Waals surface area contributed by atoms with E-state index in [4.69, 9.17) is 23.2 Å². The van der Waals surface area contributed by atoms with Gasteiger partial charge in [-0.1, -0.05) is 35.3 Å². The van der Waals surface area contributed by atoms with Crippen molar-refractivity contribution < 1.29 is 0 Å². The number of rotatable bonds is 4. The van der Waals surface area contributed by atoms with Crippen LogP contribution in [0.3, 0.4) is 0 Å². The fourth-order valence-corrected chi connectivity index (χ4v) is 2.61. The normalized spacial score (nSPS) is 12.4. The Hall–Kier alpha value is -1.09. The van der Waals surface area contributed by atoms with Gasteiger partial charge < -0.3 is 5.32 Å². The molecule has 18 heavy (non-hydrogen) atoms. The summed E-state index contributed by atoms with van der Waals surface area (Å²) in [6, 6.07) is 9.62. The van der Waals surface area contributed by atoms with Crippen LogP contribution in [0.4, 0.5) is 0 Å². The summed E-state index contributed by atoms with van der Waals surface area (Å²) >= 11 is 12.5. The predicted molar refractivity (Wildman–Crippen MR) is 76.2 cm³/mol. The van der Waals surface area contributed by atoms with Gasteiger partial charge in [0.05, 0.1) is 0 Å². The second-order valence-corrected chi connectivity index (χ2v) is 4.86. The second kappa shape index (κ2) is 6.19. The lowest BCUT2D eigenvalue weighted by Gasteiger charge is -2.19. The first-order chi connectivity index (χ1) is 8.72. The van der Waals surface area contributed by atoms with Crippen molar-refractivity contribution in [3.8, 4) is 0 Å². The topological polar surface area (TPSA) is 24.9 Å². The molecule has 1 heterocycles. The molecule has 0 saturated carbocycles. The second-order valence-electron chi connectivity index (χ2n) is 4.04. The van der Waals surface area contributed by atoms with E-state index >= 15 is 0 Å². The van der Waals surface area contributed by atoms with Gasteiger partial charge in [0.25, 0.3) is 0 Å². The number of halogens is 2. The Morgan fingerprint density at radius 2 is 1.89 bits per heavy atom. The molecule has 2 aromatic rings. The van der Waals surface area contributed by atoms with Crippen molar-refractivity contribution in [2.24, 2.45) is 0 Å². The van der Waals surface area contributed by atoms with Crippen molar-refractivity contribution in [1.29, 1.82) is 0 Å². The first-order valence-electron chi connectivity index (χ1n) is 5.72. The number of aromatic nitrogens is 1. The Bertz CT molecular complexity index is 494. The van der Waals surface area contributed by atoms with Crippen molar-refractivity contribution in [3.63, 3.8) is 0 Å². The number of benzene rings is 1. The van der Waals surface area contributed by atoms with E-state index in [-0.39, 0.29) is 6.04 Å². The van der Waals surface area contributed by atoms with E-state index in [9.17, 15) is 0 Å². The Kier molecular flexibility index (Phi) is 4.59. The Morgan fingerprint density at radius 1 is 1.17 bits per heavy atom. The van der Waals surface area contributed by atoms with Gasteiger partial charge in [0, 0.05) is 34.0 Å². The van der Waals surface area contributed by atoms with Crippen LogP contribution in [0.15, 0.2) is 42.7 Å². The van der Waals surface area contributed by atoms with Crippen molar-refractivity contribution >= 4 is 23.2 Å². The van der Waals surface area contributed by atoms with E-state index in [1.165, 1.54) is 0 Å². The molecule has 2 rings (SSSR count). The Labute approximate surface area is 117 Å². The highest BCUT2D eigenvalue weighted by atomic mass is 35.5. The molecular formula is C14H14Cl2N2. The maximum atomic E-state index is 6.23. The summed E-state index contributed by atoms with van der Waals surface area (Å²) in [7, 11) is 1.90. The lowest BCUT2D eigenvalue weighted by Crippen LogP contribution is -2.19. The molecule has 0 bridgehead atoms. The third kappa shape index (κ3) is 3.02. The standard InChI is InChI=1S/C14H14Cl2N2/c1-17-13(8-10-4-3-7-18-9-10)14-11(15)5-2-6-12(14)16/h2-7,9,13,17H,8H2,1H3. The molecule has 0 aliphatic carbocycles. The van der Waals surface area contributed by atoms with Gasteiger partial charge in [-0.2, -0.15) is 0 Å². The molecule has 2 nitrogen and oxygen atoms in total. The van der Waals surface area contributed by atoms with Crippen LogP contribution in [0, 0.1) is 0 Å². The minimum Gasteiger partial charge on any atom is -0.313 e. The minimum absolute atomic E-state index is 0.0791. The number of nitrogens with one attached hydrogen (secondary N) is 1. The summed E-state index contributed by atoms with van der Waals surface area (Å²) in [5, 5.41) is 4.62. The number of likely N-dealkylation sites (N-methyl/N-ethyl adjacent to an activating group) is 1. The molecule has 0 radical (unpaired) electrons. The summed E-state index contributed by atoms with van der Waals surface area (Å²) in [6.45, 7) is 0. The van der Waals surface area contributed by atoms with Gasteiger partial charge in [0.1, 0.15) is 0 Å². The minimum atomic E-state index is 0.0791. The lowest BCUT2D eigenvalue weighted by atomic mass is 10.00. The fraction of sp³-hybridized carbons (Fsp3) is 0.214. The average Bonchev–Trinajstić information content (AvgIpc) is 2.38. The molecule has 1 aromatic heterocycles. The number of hydrogen-bond donors (Lipinski definition) is 1.